The summed E-state index contributed by atoms with van der Waals surface area (Å²) in [6.45, 7) is 0. The molecular weight excluding hydrogens is 347 g/mol. The van der Waals surface area contributed by atoms with Crippen LogP contribution in [0.1, 0.15) is 29.0 Å². The molecule has 1 aliphatic carbocycles. The molecule has 0 fully saturated rings. The summed E-state index contributed by atoms with van der Waals surface area (Å²) in [6.07, 6.45) is 3.49. The van der Waals surface area contributed by atoms with Crippen molar-refractivity contribution in [3.05, 3.63) is 53.0 Å². The molecule has 1 aromatic carbocycles. The first-order valence-electron chi connectivity index (χ1n) is 7.60. The first-order valence-corrected chi connectivity index (χ1v) is 9.49. The van der Waals surface area contributed by atoms with Gasteiger partial charge in [-0.1, -0.05) is 17.3 Å². The van der Waals surface area contributed by atoms with E-state index in [0.29, 0.717) is 35.2 Å². The van der Waals surface area contributed by atoms with E-state index in [9.17, 15) is 18.0 Å². The highest BCUT2D eigenvalue weighted by Crippen LogP contribution is 2.36. The van der Waals surface area contributed by atoms with E-state index in [2.05, 4.69) is 10.1 Å². The summed E-state index contributed by atoms with van der Waals surface area (Å²) >= 11 is 0. The number of nitrogens with zero attached hydrogens (tertiary/aromatic N) is 2. The normalized spacial score (nSPS) is 18.8. The van der Waals surface area contributed by atoms with Crippen molar-refractivity contribution in [2.24, 2.45) is 5.16 Å². The van der Waals surface area contributed by atoms with Crippen LogP contribution in [0.25, 0.3) is 0 Å². The Morgan fingerprint density at radius 2 is 2.16 bits per heavy atom. The largest absolute Gasteiger partial charge is 0.480 e. The Bertz CT molecular complexity index is 957. The monoisotopic (exact) mass is 364 g/mol. The van der Waals surface area contributed by atoms with Gasteiger partial charge in [0.25, 0.3) is 0 Å². The zero-order valence-electron chi connectivity index (χ0n) is 13.7. The molecular formula is C17H17FN2O4S. The molecule has 0 aliphatic heterocycles. The molecule has 25 heavy (non-hydrogen) atoms. The molecule has 132 valence electrons. The fraction of sp³-hybridized carbons (Fsp3) is 0.294. The Labute approximate surface area is 144 Å². The fourth-order valence-corrected chi connectivity index (χ4v) is 3.97. The molecule has 6 nitrogen and oxygen atoms in total. The third kappa shape index (κ3) is 3.09. The van der Waals surface area contributed by atoms with Crippen molar-refractivity contribution < 1.29 is 22.8 Å². The second-order valence-electron chi connectivity index (χ2n) is 5.89. The van der Waals surface area contributed by atoms with Crippen molar-refractivity contribution in [1.82, 2.24) is 4.98 Å². The highest BCUT2D eigenvalue weighted by molar-refractivity contribution is 7.90. The van der Waals surface area contributed by atoms with Gasteiger partial charge in [0.2, 0.25) is 5.88 Å². The van der Waals surface area contributed by atoms with Crippen LogP contribution in [0.2, 0.25) is 0 Å². The Kier molecular flexibility index (Phi) is 4.47. The molecule has 0 spiro atoms. The lowest BCUT2D eigenvalue weighted by Crippen LogP contribution is -2.23. The predicted molar refractivity (Wildman–Crippen MR) is 89.7 cm³/mol. The van der Waals surface area contributed by atoms with Gasteiger partial charge in [0, 0.05) is 23.9 Å². The van der Waals surface area contributed by atoms with Crippen LogP contribution in [0.3, 0.4) is 0 Å². The summed E-state index contributed by atoms with van der Waals surface area (Å²) in [5, 5.41) is 12.9. The molecule has 1 unspecified atom stereocenters. The van der Waals surface area contributed by atoms with Gasteiger partial charge in [-0.15, -0.1) is 0 Å². The Balaban J connectivity index is 2.12. The van der Waals surface area contributed by atoms with Crippen molar-refractivity contribution in [2.45, 2.75) is 23.7 Å². The van der Waals surface area contributed by atoms with Gasteiger partial charge >= 0.3 is 0 Å². The molecule has 1 atom stereocenters. The van der Waals surface area contributed by atoms with Crippen molar-refractivity contribution in [3.63, 3.8) is 0 Å². The summed E-state index contributed by atoms with van der Waals surface area (Å²) in [6, 6.07) is 6.08. The molecule has 1 N–H and O–H groups in total. The number of ether oxygens (including phenoxy) is 1. The second-order valence-corrected chi connectivity index (χ2v) is 7.87. The van der Waals surface area contributed by atoms with Crippen molar-refractivity contribution in [3.8, 4) is 5.88 Å². The Morgan fingerprint density at radius 3 is 2.80 bits per heavy atom. The minimum absolute atomic E-state index is 0.0102. The minimum atomic E-state index is -3.55. The molecule has 0 bridgehead atoms. The number of hydrogen-bond acceptors (Lipinski definition) is 6. The number of hydrogen-bond donors (Lipinski definition) is 1. The summed E-state index contributed by atoms with van der Waals surface area (Å²) in [5.41, 5.74) is 1.89. The van der Waals surface area contributed by atoms with E-state index in [-0.39, 0.29) is 16.6 Å². The number of aromatic nitrogens is 1. The molecule has 3 rings (SSSR count). The topological polar surface area (TPSA) is 88.8 Å². The van der Waals surface area contributed by atoms with E-state index in [0.717, 1.165) is 6.26 Å². The number of methoxy groups -OCH3 is 1. The molecule has 0 saturated carbocycles. The van der Waals surface area contributed by atoms with Crippen LogP contribution in [0.15, 0.2) is 40.5 Å². The van der Waals surface area contributed by atoms with E-state index >= 15 is 0 Å². The smallest absolute Gasteiger partial charge is 0.232 e. The van der Waals surface area contributed by atoms with Crippen LogP contribution in [0, 0.1) is 5.82 Å². The second kappa shape index (κ2) is 6.44. The number of oxime groups is 1. The minimum Gasteiger partial charge on any atom is -0.480 e. The molecule has 1 heterocycles. The molecule has 0 amide bonds. The maximum Gasteiger partial charge on any atom is 0.232 e. The van der Waals surface area contributed by atoms with Gasteiger partial charge in [0.05, 0.1) is 12.8 Å². The van der Waals surface area contributed by atoms with Gasteiger partial charge in [0.1, 0.15) is 10.7 Å². The molecule has 0 saturated heterocycles. The summed E-state index contributed by atoms with van der Waals surface area (Å²) < 4.78 is 43.0. The van der Waals surface area contributed by atoms with E-state index in [1.807, 2.05) is 0 Å². The van der Waals surface area contributed by atoms with Crippen LogP contribution in [-0.2, 0) is 16.3 Å². The van der Waals surface area contributed by atoms with E-state index in [1.54, 1.807) is 12.1 Å². The van der Waals surface area contributed by atoms with Gasteiger partial charge in [-0.25, -0.2) is 17.8 Å². The highest BCUT2D eigenvalue weighted by Gasteiger charge is 2.30. The fourth-order valence-electron chi connectivity index (χ4n) is 3.17. The average Bonchev–Trinajstić information content (AvgIpc) is 2.59. The van der Waals surface area contributed by atoms with E-state index in [1.165, 1.54) is 25.4 Å². The quantitative estimate of drug-likeness (QED) is 0.668. The number of fused-ring (bicyclic) bond motifs is 1. The number of pyridine rings is 1. The third-order valence-electron chi connectivity index (χ3n) is 4.35. The van der Waals surface area contributed by atoms with Gasteiger partial charge in [-0.05, 0) is 36.1 Å². The van der Waals surface area contributed by atoms with E-state index < -0.39 is 15.8 Å². The number of benzene rings is 1. The number of rotatable bonds is 3. The standard InChI is InChI=1S/C17H17FN2O4S/c1-24-17-15(25(2,22)23)8-10(9-19-17)11-6-7-12-13(16(11)20-21)4-3-5-14(12)18/h3-5,8-9,11,21H,6-7H2,1-2H3. The number of halogens is 1. The molecule has 0 radical (unpaired) electrons. The summed E-state index contributed by atoms with van der Waals surface area (Å²) in [4.78, 5) is 4.04. The Hall–Kier alpha value is -2.48. The van der Waals surface area contributed by atoms with Crippen LogP contribution >= 0.6 is 0 Å². The average molecular weight is 364 g/mol. The van der Waals surface area contributed by atoms with Gasteiger partial charge in [0.15, 0.2) is 9.84 Å². The SMILES string of the molecule is COc1ncc(C2CCc3c(F)cccc3C2=NO)cc1S(C)(=O)=O. The lowest BCUT2D eigenvalue weighted by molar-refractivity contribution is 0.316. The van der Waals surface area contributed by atoms with Crippen LogP contribution in [0.4, 0.5) is 4.39 Å². The van der Waals surface area contributed by atoms with Crippen LogP contribution in [-0.4, -0.2) is 37.7 Å². The lowest BCUT2D eigenvalue weighted by Gasteiger charge is -2.26. The predicted octanol–water partition coefficient (Wildman–Crippen LogP) is 2.54. The van der Waals surface area contributed by atoms with Crippen molar-refractivity contribution in [2.75, 3.05) is 13.4 Å². The van der Waals surface area contributed by atoms with E-state index in [4.69, 9.17) is 4.74 Å². The zero-order valence-corrected chi connectivity index (χ0v) is 14.5. The molecule has 1 aliphatic rings. The van der Waals surface area contributed by atoms with Gasteiger partial charge in [-0.2, -0.15) is 0 Å². The summed E-state index contributed by atoms with van der Waals surface area (Å²) in [7, 11) is -2.20. The first-order chi connectivity index (χ1) is 11.9. The lowest BCUT2D eigenvalue weighted by atomic mass is 9.79. The molecule has 8 heteroatoms. The molecule has 2 aromatic rings. The van der Waals surface area contributed by atoms with Gasteiger partial charge < -0.3 is 9.94 Å². The highest BCUT2D eigenvalue weighted by atomic mass is 32.2. The third-order valence-corrected chi connectivity index (χ3v) is 5.44. The van der Waals surface area contributed by atoms with Crippen LogP contribution < -0.4 is 4.74 Å². The number of sulfone groups is 1. The Morgan fingerprint density at radius 1 is 1.40 bits per heavy atom. The van der Waals surface area contributed by atoms with Crippen molar-refractivity contribution >= 4 is 15.5 Å². The maximum atomic E-state index is 14.0. The zero-order chi connectivity index (χ0) is 18.2. The summed E-state index contributed by atoms with van der Waals surface area (Å²) in [5.74, 6) is -0.726. The first kappa shape index (κ1) is 17.3. The van der Waals surface area contributed by atoms with Crippen molar-refractivity contribution in [1.29, 1.82) is 0 Å². The van der Waals surface area contributed by atoms with Crippen LogP contribution in [0.5, 0.6) is 5.88 Å². The maximum absolute atomic E-state index is 14.0. The molecule has 1 aromatic heterocycles. The van der Waals surface area contributed by atoms with Gasteiger partial charge in [-0.3, -0.25) is 0 Å².